The number of aromatic amines is 1. The highest BCUT2D eigenvalue weighted by Crippen LogP contribution is 2.22. The Morgan fingerprint density at radius 2 is 1.71 bits per heavy atom. The maximum absolute atomic E-state index is 12.6. The lowest BCUT2D eigenvalue weighted by atomic mass is 10.1. The van der Waals surface area contributed by atoms with E-state index in [0.717, 1.165) is 36.4 Å². The van der Waals surface area contributed by atoms with Gasteiger partial charge in [0.2, 0.25) is 0 Å². The van der Waals surface area contributed by atoms with Crippen LogP contribution in [0.1, 0.15) is 13.8 Å². The predicted molar refractivity (Wildman–Crippen MR) is 100 cm³/mol. The number of H-pyrrole nitrogens is 1. The van der Waals surface area contributed by atoms with Crippen molar-refractivity contribution in [2.75, 3.05) is 26.2 Å². The van der Waals surface area contributed by atoms with Gasteiger partial charge in [-0.05, 0) is 43.4 Å². The Balaban J connectivity index is 1.90. The van der Waals surface area contributed by atoms with Gasteiger partial charge >= 0.3 is 0 Å². The first-order valence-corrected chi connectivity index (χ1v) is 8.60. The number of rotatable bonds is 6. The summed E-state index contributed by atoms with van der Waals surface area (Å²) >= 11 is 6.03. The van der Waals surface area contributed by atoms with E-state index in [-0.39, 0.29) is 5.43 Å². The van der Waals surface area contributed by atoms with Crippen molar-refractivity contribution in [3.8, 4) is 5.75 Å². The van der Waals surface area contributed by atoms with Crippen molar-refractivity contribution in [1.29, 1.82) is 0 Å². The Bertz CT molecular complexity index is 916. The third kappa shape index (κ3) is 3.40. The van der Waals surface area contributed by atoms with Crippen molar-refractivity contribution in [1.82, 2.24) is 9.88 Å². The quantitative estimate of drug-likeness (QED) is 0.686. The lowest BCUT2D eigenvalue weighted by Crippen LogP contribution is -2.27. The Morgan fingerprint density at radius 1 is 1.04 bits per heavy atom. The lowest BCUT2D eigenvalue weighted by molar-refractivity contribution is 0.223. The summed E-state index contributed by atoms with van der Waals surface area (Å²) in [7, 11) is 0. The Morgan fingerprint density at radius 3 is 2.42 bits per heavy atom. The normalized spacial score (nSPS) is 11.5. The van der Waals surface area contributed by atoms with Crippen molar-refractivity contribution in [3.63, 3.8) is 0 Å². The fourth-order valence-electron chi connectivity index (χ4n) is 2.86. The fraction of sp³-hybridized carbons (Fsp3) is 0.316. The van der Waals surface area contributed by atoms with E-state index in [1.54, 1.807) is 18.2 Å². The van der Waals surface area contributed by atoms with Crippen molar-refractivity contribution in [2.45, 2.75) is 13.8 Å². The van der Waals surface area contributed by atoms with Gasteiger partial charge in [-0.25, -0.2) is 0 Å². The molecule has 0 bridgehead atoms. The van der Waals surface area contributed by atoms with Gasteiger partial charge in [-0.1, -0.05) is 25.4 Å². The van der Waals surface area contributed by atoms with Crippen molar-refractivity contribution in [2.24, 2.45) is 0 Å². The molecule has 5 heteroatoms. The average Bonchev–Trinajstić information content (AvgIpc) is 2.58. The second-order valence-electron chi connectivity index (χ2n) is 5.73. The summed E-state index contributed by atoms with van der Waals surface area (Å²) in [5.41, 5.74) is 1.50. The van der Waals surface area contributed by atoms with Crippen LogP contribution in [0.15, 0.2) is 41.2 Å². The summed E-state index contributed by atoms with van der Waals surface area (Å²) in [6.07, 6.45) is 0. The molecule has 1 heterocycles. The van der Waals surface area contributed by atoms with Gasteiger partial charge in [0.25, 0.3) is 0 Å². The van der Waals surface area contributed by atoms with Gasteiger partial charge in [0.1, 0.15) is 12.4 Å². The van der Waals surface area contributed by atoms with E-state index < -0.39 is 0 Å². The number of fused-ring (bicyclic) bond motifs is 2. The zero-order valence-corrected chi connectivity index (χ0v) is 14.7. The molecule has 0 spiro atoms. The molecule has 24 heavy (non-hydrogen) atoms. The zero-order valence-electron chi connectivity index (χ0n) is 13.9. The van der Waals surface area contributed by atoms with E-state index >= 15 is 0 Å². The van der Waals surface area contributed by atoms with Gasteiger partial charge < -0.3 is 14.6 Å². The second-order valence-corrected chi connectivity index (χ2v) is 6.16. The highest BCUT2D eigenvalue weighted by atomic mass is 35.5. The number of hydrogen-bond acceptors (Lipinski definition) is 3. The van der Waals surface area contributed by atoms with Gasteiger partial charge in [0.05, 0.1) is 11.0 Å². The third-order valence-electron chi connectivity index (χ3n) is 4.30. The number of likely N-dealkylation sites (N-methyl/N-ethyl adjacent to an activating group) is 1. The van der Waals surface area contributed by atoms with E-state index in [1.807, 2.05) is 18.2 Å². The fourth-order valence-corrected chi connectivity index (χ4v) is 3.03. The van der Waals surface area contributed by atoms with Gasteiger partial charge in [-0.15, -0.1) is 0 Å². The predicted octanol–water partition coefficient (Wildman–Crippen LogP) is 4.06. The summed E-state index contributed by atoms with van der Waals surface area (Å²) in [6, 6.07) is 10.8. The molecular weight excluding hydrogens is 324 g/mol. The molecule has 0 unspecified atom stereocenters. The van der Waals surface area contributed by atoms with Crippen LogP contribution in [0.3, 0.4) is 0 Å². The maximum Gasteiger partial charge on any atom is 0.197 e. The van der Waals surface area contributed by atoms with Gasteiger partial charge in [0.15, 0.2) is 5.43 Å². The topological polar surface area (TPSA) is 45.3 Å². The van der Waals surface area contributed by atoms with Crippen LogP contribution in [0.25, 0.3) is 21.8 Å². The highest BCUT2D eigenvalue weighted by Gasteiger charge is 2.07. The molecule has 0 aliphatic heterocycles. The van der Waals surface area contributed by atoms with E-state index in [1.165, 1.54) is 0 Å². The molecule has 1 N–H and O–H groups in total. The number of nitrogens with zero attached hydrogens (tertiary/aromatic N) is 1. The van der Waals surface area contributed by atoms with Gasteiger partial charge in [-0.2, -0.15) is 0 Å². The maximum atomic E-state index is 12.6. The van der Waals surface area contributed by atoms with Crippen LogP contribution < -0.4 is 10.2 Å². The number of hydrogen-bond donors (Lipinski definition) is 1. The number of halogens is 1. The lowest BCUT2D eigenvalue weighted by Gasteiger charge is -2.18. The molecule has 0 atom stereocenters. The van der Waals surface area contributed by atoms with Crippen molar-refractivity contribution in [3.05, 3.63) is 51.6 Å². The average molecular weight is 345 g/mol. The minimum absolute atomic E-state index is 0.00473. The Labute approximate surface area is 146 Å². The molecule has 0 aliphatic rings. The smallest absolute Gasteiger partial charge is 0.197 e. The number of nitrogens with one attached hydrogen (secondary N) is 1. The summed E-state index contributed by atoms with van der Waals surface area (Å²) in [5, 5.41) is 1.90. The summed E-state index contributed by atoms with van der Waals surface area (Å²) in [4.78, 5) is 18.2. The van der Waals surface area contributed by atoms with Crippen LogP contribution in [0, 0.1) is 0 Å². The molecule has 0 saturated carbocycles. The number of benzene rings is 2. The summed E-state index contributed by atoms with van der Waals surface area (Å²) in [5.74, 6) is 0.756. The van der Waals surface area contributed by atoms with Crippen LogP contribution in [0.4, 0.5) is 0 Å². The molecule has 2 aromatic carbocycles. The number of ether oxygens (including phenoxy) is 1. The van der Waals surface area contributed by atoms with E-state index in [0.29, 0.717) is 22.4 Å². The number of pyridine rings is 1. The molecular formula is C19H21ClN2O2. The first-order valence-electron chi connectivity index (χ1n) is 8.22. The summed E-state index contributed by atoms with van der Waals surface area (Å²) < 4.78 is 5.83. The monoisotopic (exact) mass is 344 g/mol. The molecule has 1 aromatic heterocycles. The Hall–Kier alpha value is -2.04. The van der Waals surface area contributed by atoms with Crippen LogP contribution in [-0.4, -0.2) is 36.1 Å². The van der Waals surface area contributed by atoms with Crippen LogP contribution in [0.2, 0.25) is 5.02 Å². The first kappa shape index (κ1) is 16.8. The SMILES string of the molecule is CCN(CC)CCOc1ccc2c(=O)c3ccc(Cl)cc3[nH]c2c1. The zero-order chi connectivity index (χ0) is 17.1. The Kier molecular flexibility index (Phi) is 5.07. The molecule has 0 fully saturated rings. The molecule has 0 saturated heterocycles. The standard InChI is InChI=1S/C19H21ClN2O2/c1-3-22(4-2)9-10-24-14-6-8-16-18(12-14)21-17-11-13(20)5-7-15(17)19(16)23/h5-8,11-12H,3-4,9-10H2,1-2H3,(H,21,23). The second kappa shape index (κ2) is 7.24. The van der Waals surface area contributed by atoms with Crippen LogP contribution >= 0.6 is 11.6 Å². The van der Waals surface area contributed by atoms with E-state index in [2.05, 4.69) is 23.7 Å². The molecule has 3 rings (SSSR count). The highest BCUT2D eigenvalue weighted by molar-refractivity contribution is 6.31. The minimum Gasteiger partial charge on any atom is -0.492 e. The molecule has 3 aromatic rings. The van der Waals surface area contributed by atoms with Crippen LogP contribution in [0.5, 0.6) is 5.75 Å². The van der Waals surface area contributed by atoms with Gasteiger partial charge in [0, 0.05) is 28.4 Å². The van der Waals surface area contributed by atoms with Gasteiger partial charge in [-0.3, -0.25) is 4.79 Å². The van der Waals surface area contributed by atoms with E-state index in [4.69, 9.17) is 16.3 Å². The molecule has 0 aliphatic carbocycles. The van der Waals surface area contributed by atoms with Crippen molar-refractivity contribution >= 4 is 33.4 Å². The number of aromatic nitrogens is 1. The first-order chi connectivity index (χ1) is 11.6. The molecule has 0 radical (unpaired) electrons. The molecule has 4 nitrogen and oxygen atoms in total. The van der Waals surface area contributed by atoms with E-state index in [9.17, 15) is 4.79 Å². The summed E-state index contributed by atoms with van der Waals surface area (Å²) in [6.45, 7) is 7.81. The third-order valence-corrected chi connectivity index (χ3v) is 4.54. The molecule has 126 valence electrons. The largest absolute Gasteiger partial charge is 0.492 e. The minimum atomic E-state index is 0.00473. The molecule has 0 amide bonds. The van der Waals surface area contributed by atoms with Crippen LogP contribution in [-0.2, 0) is 0 Å². The van der Waals surface area contributed by atoms with Crippen molar-refractivity contribution < 1.29 is 4.74 Å².